The number of hydrogen-bond donors (Lipinski definition) is 2. The largest absolute Gasteiger partial charge is 0.457 e. The van der Waals surface area contributed by atoms with E-state index in [0.29, 0.717) is 0 Å². The van der Waals surface area contributed by atoms with Crippen molar-refractivity contribution in [2.75, 3.05) is 12.4 Å². The molecule has 0 atom stereocenters. The molecule has 5 nitrogen and oxygen atoms in total. The van der Waals surface area contributed by atoms with Crippen LogP contribution in [0.1, 0.15) is 19.4 Å². The number of aromatic nitrogens is 2. The number of para-hydroxylation sites is 1. The Kier molecular flexibility index (Phi) is 5.55. The fourth-order valence-electron chi connectivity index (χ4n) is 3.32. The molecule has 0 aliphatic heterocycles. The highest BCUT2D eigenvalue weighted by molar-refractivity contribution is 5.65. The molecule has 0 aliphatic carbocycles. The van der Waals surface area contributed by atoms with Crippen LogP contribution in [-0.4, -0.2) is 16.6 Å². The average molecular weight is 399 g/mol. The topological polar surface area (TPSA) is 51.1 Å². The van der Waals surface area contributed by atoms with Gasteiger partial charge in [-0.25, -0.2) is 4.98 Å². The smallest absolute Gasteiger partial charge is 0.129 e. The maximum atomic E-state index is 6.13. The molecule has 0 saturated carbocycles. The molecule has 0 amide bonds. The van der Waals surface area contributed by atoms with Gasteiger partial charge in [-0.2, -0.15) is 0 Å². The minimum absolute atomic E-state index is 0.147. The number of anilines is 2. The van der Waals surface area contributed by atoms with Gasteiger partial charge in [-0.15, -0.1) is 0 Å². The summed E-state index contributed by atoms with van der Waals surface area (Å²) in [6.45, 7) is 4.33. The molecule has 0 fully saturated rings. The molecule has 2 N–H and O–H groups in total. The number of rotatable bonds is 7. The van der Waals surface area contributed by atoms with Crippen molar-refractivity contribution in [1.82, 2.24) is 14.9 Å². The van der Waals surface area contributed by atoms with Crippen LogP contribution in [0, 0.1) is 0 Å². The Morgan fingerprint density at radius 1 is 0.900 bits per heavy atom. The molecule has 1 heterocycles. The Morgan fingerprint density at radius 2 is 1.67 bits per heavy atom. The van der Waals surface area contributed by atoms with Gasteiger partial charge in [0, 0.05) is 41.4 Å². The van der Waals surface area contributed by atoms with E-state index < -0.39 is 0 Å². The molecule has 0 bridgehead atoms. The van der Waals surface area contributed by atoms with E-state index in [2.05, 4.69) is 47.7 Å². The summed E-state index contributed by atoms with van der Waals surface area (Å²) >= 11 is 0. The highest BCUT2D eigenvalue weighted by atomic mass is 16.5. The fraction of sp³-hybridized carbons (Fsp3) is 0.160. The number of imidazole rings is 1. The number of nitrogens with zero attached hydrogens (tertiary/aromatic N) is 2. The minimum atomic E-state index is -0.147. The van der Waals surface area contributed by atoms with Crippen LogP contribution in [0.25, 0.3) is 5.69 Å². The zero-order chi connectivity index (χ0) is 21.0. The number of nitrogens with one attached hydrogen (secondary N) is 2. The van der Waals surface area contributed by atoms with Gasteiger partial charge in [0.1, 0.15) is 11.5 Å². The van der Waals surface area contributed by atoms with Crippen LogP contribution in [0.3, 0.4) is 0 Å². The lowest BCUT2D eigenvalue weighted by atomic mass is 9.93. The predicted octanol–water partition coefficient (Wildman–Crippen LogP) is 5.86. The Labute approximate surface area is 177 Å². The summed E-state index contributed by atoms with van der Waals surface area (Å²) in [4.78, 5) is 4.10. The molecule has 0 aliphatic rings. The Hall–Kier alpha value is -3.57. The minimum Gasteiger partial charge on any atom is -0.457 e. The molecule has 3 aromatic carbocycles. The second-order valence-corrected chi connectivity index (χ2v) is 7.64. The predicted molar refractivity (Wildman–Crippen MR) is 122 cm³/mol. The molecule has 4 rings (SSSR count). The summed E-state index contributed by atoms with van der Waals surface area (Å²) in [7, 11) is 1.98. The molecular weight excluding hydrogens is 372 g/mol. The lowest BCUT2D eigenvalue weighted by Gasteiger charge is -2.27. The normalized spacial score (nSPS) is 11.3. The molecule has 0 unspecified atom stereocenters. The van der Waals surface area contributed by atoms with Gasteiger partial charge in [0.2, 0.25) is 0 Å². The van der Waals surface area contributed by atoms with E-state index in [1.807, 2.05) is 72.4 Å². The molecule has 0 radical (unpaired) electrons. The number of hydrogen-bond acceptors (Lipinski definition) is 4. The third-order valence-electron chi connectivity index (χ3n) is 5.19. The van der Waals surface area contributed by atoms with Gasteiger partial charge in [-0.05, 0) is 56.8 Å². The fourth-order valence-corrected chi connectivity index (χ4v) is 3.32. The first-order chi connectivity index (χ1) is 14.5. The maximum absolute atomic E-state index is 6.13. The molecular formula is C25H26N4O. The van der Waals surface area contributed by atoms with Crippen LogP contribution in [0.4, 0.5) is 11.4 Å². The van der Waals surface area contributed by atoms with Gasteiger partial charge in [-0.1, -0.05) is 30.3 Å². The van der Waals surface area contributed by atoms with E-state index in [1.54, 1.807) is 12.5 Å². The third-order valence-corrected chi connectivity index (χ3v) is 5.19. The van der Waals surface area contributed by atoms with E-state index in [9.17, 15) is 0 Å². The van der Waals surface area contributed by atoms with Crippen molar-refractivity contribution in [1.29, 1.82) is 0 Å². The summed E-state index contributed by atoms with van der Waals surface area (Å²) in [5.74, 6) is 1.54. The highest BCUT2D eigenvalue weighted by Crippen LogP contribution is 2.31. The van der Waals surface area contributed by atoms with Crippen molar-refractivity contribution >= 4 is 11.4 Å². The third kappa shape index (κ3) is 4.36. The molecule has 0 saturated heterocycles. The molecule has 152 valence electrons. The van der Waals surface area contributed by atoms with E-state index >= 15 is 0 Å². The van der Waals surface area contributed by atoms with Gasteiger partial charge in [-0.3, -0.25) is 0 Å². The maximum Gasteiger partial charge on any atom is 0.129 e. The van der Waals surface area contributed by atoms with Crippen molar-refractivity contribution in [2.45, 2.75) is 19.4 Å². The highest BCUT2D eigenvalue weighted by Gasteiger charge is 2.21. The zero-order valence-electron chi connectivity index (χ0n) is 17.5. The average Bonchev–Trinajstić information content (AvgIpc) is 3.30. The number of benzene rings is 3. The van der Waals surface area contributed by atoms with Crippen molar-refractivity contribution in [3.05, 3.63) is 97.1 Å². The first-order valence-corrected chi connectivity index (χ1v) is 9.97. The Balaban J connectivity index is 1.56. The monoisotopic (exact) mass is 398 g/mol. The summed E-state index contributed by atoms with van der Waals surface area (Å²) in [5.41, 5.74) is 4.09. The van der Waals surface area contributed by atoms with Gasteiger partial charge in [0.05, 0.1) is 12.0 Å². The van der Waals surface area contributed by atoms with Crippen LogP contribution in [-0.2, 0) is 5.54 Å². The standard InChI is InChI=1S/C25H26N4O/c1-25(2,26-3)23-12-4-5-13-24(23)28-19-8-6-10-21(16-19)30-22-11-7-9-20(17-22)29-15-14-27-18-29/h4-18,26,28H,1-3H3. The van der Waals surface area contributed by atoms with Crippen molar-refractivity contribution in [3.8, 4) is 17.2 Å². The molecule has 30 heavy (non-hydrogen) atoms. The first kappa shape index (κ1) is 19.7. The van der Waals surface area contributed by atoms with E-state index in [-0.39, 0.29) is 5.54 Å². The Morgan fingerprint density at radius 3 is 2.43 bits per heavy atom. The van der Waals surface area contributed by atoms with Crippen LogP contribution in [0.5, 0.6) is 11.5 Å². The molecule has 1 aromatic heterocycles. The van der Waals surface area contributed by atoms with Crippen LogP contribution in [0.15, 0.2) is 91.5 Å². The van der Waals surface area contributed by atoms with Crippen molar-refractivity contribution in [3.63, 3.8) is 0 Å². The molecule has 0 spiro atoms. The Bertz CT molecular complexity index is 1120. The van der Waals surface area contributed by atoms with Gasteiger partial charge >= 0.3 is 0 Å². The SMILES string of the molecule is CNC(C)(C)c1ccccc1Nc1cccc(Oc2cccc(-n3ccnc3)c2)c1. The molecule has 4 aromatic rings. The second-order valence-electron chi connectivity index (χ2n) is 7.64. The van der Waals surface area contributed by atoms with Crippen LogP contribution >= 0.6 is 0 Å². The van der Waals surface area contributed by atoms with Crippen molar-refractivity contribution in [2.24, 2.45) is 0 Å². The van der Waals surface area contributed by atoms with Crippen molar-refractivity contribution < 1.29 is 4.74 Å². The summed E-state index contributed by atoms with van der Waals surface area (Å²) in [5, 5.41) is 6.91. The zero-order valence-corrected chi connectivity index (χ0v) is 17.5. The molecule has 5 heteroatoms. The first-order valence-electron chi connectivity index (χ1n) is 9.97. The lowest BCUT2D eigenvalue weighted by molar-refractivity contribution is 0.446. The van der Waals surface area contributed by atoms with E-state index in [4.69, 9.17) is 4.74 Å². The van der Waals surface area contributed by atoms with Gasteiger partial charge in [0.15, 0.2) is 0 Å². The summed E-state index contributed by atoms with van der Waals surface area (Å²) < 4.78 is 8.08. The lowest BCUT2D eigenvalue weighted by Crippen LogP contribution is -2.33. The number of ether oxygens (including phenoxy) is 1. The second kappa shape index (κ2) is 8.43. The van der Waals surface area contributed by atoms with Gasteiger partial charge < -0.3 is 19.9 Å². The van der Waals surface area contributed by atoms with Gasteiger partial charge in [0.25, 0.3) is 0 Å². The van der Waals surface area contributed by atoms with Crippen LogP contribution < -0.4 is 15.4 Å². The van der Waals surface area contributed by atoms with E-state index in [1.165, 1.54) is 5.56 Å². The summed E-state index contributed by atoms with van der Waals surface area (Å²) in [6.07, 6.45) is 5.44. The summed E-state index contributed by atoms with van der Waals surface area (Å²) in [6, 6.07) is 24.3. The van der Waals surface area contributed by atoms with Crippen LogP contribution in [0.2, 0.25) is 0 Å². The van der Waals surface area contributed by atoms with E-state index in [0.717, 1.165) is 28.6 Å². The quantitative estimate of drug-likeness (QED) is 0.409.